The Kier molecular flexibility index (Phi) is 6.36. The third kappa shape index (κ3) is 4.85. The number of carbonyl (C=O) groups is 3. The van der Waals surface area contributed by atoms with Crippen LogP contribution < -0.4 is 4.90 Å². The Balaban J connectivity index is 1.55. The summed E-state index contributed by atoms with van der Waals surface area (Å²) in [6, 6.07) is 9.29. The smallest absolute Gasteiger partial charge is 0.289 e. The second kappa shape index (κ2) is 8.94. The number of anilines is 1. The lowest BCUT2D eigenvalue weighted by Crippen LogP contribution is -2.51. The fourth-order valence-electron chi connectivity index (χ4n) is 3.54. The average Bonchev–Trinajstić information content (AvgIpc) is 3.24. The molecule has 0 N–H and O–H groups in total. The Morgan fingerprint density at radius 2 is 1.72 bits per heavy atom. The molecule has 3 rings (SSSR count). The van der Waals surface area contributed by atoms with E-state index in [1.165, 1.54) is 13.2 Å². The van der Waals surface area contributed by atoms with Crippen molar-refractivity contribution in [3.63, 3.8) is 0 Å². The van der Waals surface area contributed by atoms with Crippen LogP contribution in [0.3, 0.4) is 0 Å². The highest BCUT2D eigenvalue weighted by atomic mass is 16.3. The van der Waals surface area contributed by atoms with E-state index in [4.69, 9.17) is 4.42 Å². The zero-order valence-electron chi connectivity index (χ0n) is 17.2. The van der Waals surface area contributed by atoms with Crippen LogP contribution in [0.25, 0.3) is 0 Å². The van der Waals surface area contributed by atoms with Gasteiger partial charge < -0.3 is 19.1 Å². The van der Waals surface area contributed by atoms with Gasteiger partial charge in [0.15, 0.2) is 5.76 Å². The number of aryl methyl sites for hydroxylation is 2. The van der Waals surface area contributed by atoms with Crippen LogP contribution in [0.15, 0.2) is 41.0 Å². The molecule has 0 atom stereocenters. The monoisotopic (exact) mass is 397 g/mol. The number of piperazine rings is 1. The van der Waals surface area contributed by atoms with E-state index < -0.39 is 0 Å². The maximum Gasteiger partial charge on any atom is 0.289 e. The van der Waals surface area contributed by atoms with Crippen LogP contribution in [0.5, 0.6) is 0 Å². The molecular formula is C22H27N3O4. The normalized spacial score (nSPS) is 14.0. The molecule has 2 heterocycles. The highest BCUT2D eigenvalue weighted by molar-refractivity contribution is 5.93. The molecule has 1 saturated heterocycles. The molecule has 0 saturated carbocycles. The van der Waals surface area contributed by atoms with Crippen molar-refractivity contribution in [2.75, 3.05) is 37.6 Å². The molecule has 1 aliphatic heterocycles. The van der Waals surface area contributed by atoms with E-state index in [2.05, 4.69) is 0 Å². The fourth-order valence-corrected chi connectivity index (χ4v) is 3.54. The summed E-state index contributed by atoms with van der Waals surface area (Å²) < 4.78 is 5.16. The first-order valence-corrected chi connectivity index (χ1v) is 9.82. The van der Waals surface area contributed by atoms with E-state index in [0.29, 0.717) is 38.5 Å². The lowest BCUT2D eigenvalue weighted by molar-refractivity contribution is -0.132. The SMILES string of the molecule is CC(=O)N(CCC(=O)N1CCN(C(=O)c2ccco2)CC1)c1cc(C)ccc1C. The summed E-state index contributed by atoms with van der Waals surface area (Å²) in [7, 11) is 0. The van der Waals surface area contributed by atoms with Gasteiger partial charge in [0.05, 0.1) is 6.26 Å². The van der Waals surface area contributed by atoms with Crippen molar-refractivity contribution in [2.24, 2.45) is 0 Å². The average molecular weight is 397 g/mol. The molecule has 0 spiro atoms. The summed E-state index contributed by atoms with van der Waals surface area (Å²) in [6.45, 7) is 7.70. The molecule has 1 aromatic carbocycles. The second-order valence-corrected chi connectivity index (χ2v) is 7.36. The van der Waals surface area contributed by atoms with Crippen molar-refractivity contribution in [1.82, 2.24) is 9.80 Å². The zero-order chi connectivity index (χ0) is 21.0. The van der Waals surface area contributed by atoms with E-state index in [1.54, 1.807) is 26.8 Å². The Morgan fingerprint density at radius 3 is 2.34 bits per heavy atom. The Hall–Kier alpha value is -3.09. The van der Waals surface area contributed by atoms with E-state index in [0.717, 1.165) is 16.8 Å². The Morgan fingerprint density at radius 1 is 1.03 bits per heavy atom. The van der Waals surface area contributed by atoms with Crippen LogP contribution >= 0.6 is 0 Å². The van der Waals surface area contributed by atoms with Crippen LogP contribution in [0, 0.1) is 13.8 Å². The van der Waals surface area contributed by atoms with Crippen LogP contribution in [0.2, 0.25) is 0 Å². The lowest BCUT2D eigenvalue weighted by Gasteiger charge is -2.34. The molecule has 7 heteroatoms. The summed E-state index contributed by atoms with van der Waals surface area (Å²) in [5.74, 6) is 0.0715. The van der Waals surface area contributed by atoms with Crippen LogP contribution in [-0.2, 0) is 9.59 Å². The van der Waals surface area contributed by atoms with Crippen LogP contribution in [0.1, 0.15) is 35.0 Å². The fraction of sp³-hybridized carbons (Fsp3) is 0.409. The highest BCUT2D eigenvalue weighted by Gasteiger charge is 2.26. The third-order valence-electron chi connectivity index (χ3n) is 5.24. The van der Waals surface area contributed by atoms with Gasteiger partial charge in [-0.1, -0.05) is 12.1 Å². The van der Waals surface area contributed by atoms with Crippen molar-refractivity contribution in [3.8, 4) is 0 Å². The van der Waals surface area contributed by atoms with Crippen molar-refractivity contribution in [1.29, 1.82) is 0 Å². The van der Waals surface area contributed by atoms with E-state index in [-0.39, 0.29) is 24.1 Å². The Bertz CT molecular complexity index is 883. The molecule has 3 amide bonds. The van der Waals surface area contributed by atoms with Gasteiger partial charge in [0.2, 0.25) is 11.8 Å². The molecule has 0 unspecified atom stereocenters. The van der Waals surface area contributed by atoms with Gasteiger partial charge in [-0.25, -0.2) is 0 Å². The molecule has 0 bridgehead atoms. The number of amides is 3. The van der Waals surface area contributed by atoms with Gasteiger partial charge in [0.1, 0.15) is 0 Å². The number of furan rings is 1. The summed E-state index contributed by atoms with van der Waals surface area (Å²) in [4.78, 5) is 42.3. The summed E-state index contributed by atoms with van der Waals surface area (Å²) in [6.07, 6.45) is 1.73. The van der Waals surface area contributed by atoms with Gasteiger partial charge in [-0.3, -0.25) is 14.4 Å². The van der Waals surface area contributed by atoms with Gasteiger partial charge in [0.25, 0.3) is 5.91 Å². The molecule has 1 aliphatic rings. The summed E-state index contributed by atoms with van der Waals surface area (Å²) in [5.41, 5.74) is 2.92. The van der Waals surface area contributed by atoms with Crippen LogP contribution in [-0.4, -0.2) is 60.2 Å². The number of nitrogens with zero attached hydrogens (tertiary/aromatic N) is 3. The summed E-state index contributed by atoms with van der Waals surface area (Å²) >= 11 is 0. The first-order valence-electron chi connectivity index (χ1n) is 9.82. The minimum absolute atomic E-state index is 0.00773. The quantitative estimate of drug-likeness (QED) is 0.777. The van der Waals surface area contributed by atoms with Gasteiger partial charge in [-0.2, -0.15) is 0 Å². The van der Waals surface area contributed by atoms with Crippen molar-refractivity contribution < 1.29 is 18.8 Å². The number of benzene rings is 1. The van der Waals surface area contributed by atoms with E-state index >= 15 is 0 Å². The first-order chi connectivity index (χ1) is 13.9. The molecule has 1 aromatic heterocycles. The number of hydrogen-bond donors (Lipinski definition) is 0. The molecule has 1 fully saturated rings. The van der Waals surface area contributed by atoms with Crippen molar-refractivity contribution >= 4 is 23.4 Å². The number of carbonyl (C=O) groups excluding carboxylic acids is 3. The molecule has 7 nitrogen and oxygen atoms in total. The standard InChI is InChI=1S/C22H27N3O4/c1-16-6-7-17(2)19(15-16)25(18(3)26)9-8-21(27)23-10-12-24(13-11-23)22(28)20-5-4-14-29-20/h4-7,14-15H,8-13H2,1-3H3. The lowest BCUT2D eigenvalue weighted by atomic mass is 10.1. The van der Waals surface area contributed by atoms with Crippen LogP contribution in [0.4, 0.5) is 5.69 Å². The molecule has 2 aromatic rings. The summed E-state index contributed by atoms with van der Waals surface area (Å²) in [5, 5.41) is 0. The largest absolute Gasteiger partial charge is 0.459 e. The topological polar surface area (TPSA) is 74.1 Å². The van der Waals surface area contributed by atoms with Gasteiger partial charge in [-0.05, 0) is 43.2 Å². The Labute approximate surface area is 170 Å². The minimum atomic E-state index is -0.153. The van der Waals surface area contributed by atoms with E-state index in [1.807, 2.05) is 32.0 Å². The zero-order valence-corrected chi connectivity index (χ0v) is 17.2. The highest BCUT2D eigenvalue weighted by Crippen LogP contribution is 2.22. The second-order valence-electron chi connectivity index (χ2n) is 7.36. The predicted octanol–water partition coefficient (Wildman–Crippen LogP) is 2.62. The third-order valence-corrected chi connectivity index (χ3v) is 5.24. The van der Waals surface area contributed by atoms with Gasteiger partial charge >= 0.3 is 0 Å². The number of rotatable bonds is 5. The molecule has 0 aliphatic carbocycles. The maximum atomic E-state index is 12.7. The maximum absolute atomic E-state index is 12.7. The molecule has 0 radical (unpaired) electrons. The predicted molar refractivity (Wildman–Crippen MR) is 110 cm³/mol. The van der Waals surface area contributed by atoms with Gasteiger partial charge in [0, 0.05) is 51.8 Å². The number of hydrogen-bond acceptors (Lipinski definition) is 4. The molecular weight excluding hydrogens is 370 g/mol. The van der Waals surface area contributed by atoms with Crippen molar-refractivity contribution in [2.45, 2.75) is 27.2 Å². The first kappa shape index (κ1) is 20.6. The molecule has 154 valence electrons. The van der Waals surface area contributed by atoms with Crippen molar-refractivity contribution in [3.05, 3.63) is 53.5 Å². The minimum Gasteiger partial charge on any atom is -0.459 e. The van der Waals surface area contributed by atoms with E-state index in [9.17, 15) is 14.4 Å². The van der Waals surface area contributed by atoms with Gasteiger partial charge in [-0.15, -0.1) is 0 Å². The molecule has 29 heavy (non-hydrogen) atoms.